The number of ketones is 1. The Morgan fingerprint density at radius 3 is 2.43 bits per heavy atom. The van der Waals surface area contributed by atoms with E-state index in [1.54, 1.807) is 36.4 Å². The lowest BCUT2D eigenvalue weighted by molar-refractivity contribution is -0.135. The van der Waals surface area contributed by atoms with Gasteiger partial charge >= 0.3 is 0 Å². The van der Waals surface area contributed by atoms with Gasteiger partial charge in [-0.2, -0.15) is 0 Å². The maximum absolute atomic E-state index is 13.0. The van der Waals surface area contributed by atoms with Gasteiger partial charge in [-0.1, -0.05) is 67.0 Å². The van der Waals surface area contributed by atoms with E-state index in [1.807, 2.05) is 12.1 Å². The summed E-state index contributed by atoms with van der Waals surface area (Å²) in [5.41, 5.74) is 0.735. The number of Topliss-reactive ketones (excluding diaryl/α,β-unsaturated/α-hetero) is 1. The Balaban J connectivity index is 1.94. The van der Waals surface area contributed by atoms with Crippen molar-refractivity contribution >= 4 is 33.3 Å². The molecule has 1 aliphatic rings. The third kappa shape index (κ3) is 3.56. The molecule has 2 aromatic rings. The molecule has 3 rings (SSSR count). The molecule has 0 radical (unpaired) electrons. The molecule has 4 nitrogen and oxygen atoms in total. The van der Waals surface area contributed by atoms with Crippen molar-refractivity contribution in [2.75, 3.05) is 11.4 Å². The summed E-state index contributed by atoms with van der Waals surface area (Å²) in [7, 11) is 0. The zero-order valence-corrected chi connectivity index (χ0v) is 17.9. The maximum atomic E-state index is 13.0. The Morgan fingerprint density at radius 1 is 1.21 bits per heavy atom. The topological polar surface area (TPSA) is 57.6 Å². The van der Waals surface area contributed by atoms with Gasteiger partial charge in [0.25, 0.3) is 5.91 Å². The molecule has 5 heteroatoms. The molecule has 1 heterocycles. The van der Waals surface area contributed by atoms with Crippen molar-refractivity contribution in [3.63, 3.8) is 0 Å². The van der Waals surface area contributed by atoms with Crippen molar-refractivity contribution in [1.82, 2.24) is 0 Å². The van der Waals surface area contributed by atoms with Crippen LogP contribution in [0, 0.1) is 0 Å². The number of anilines is 1. The van der Waals surface area contributed by atoms with Crippen LogP contribution in [0.1, 0.15) is 48.7 Å². The number of benzene rings is 2. The third-order valence-electron chi connectivity index (χ3n) is 5.09. The first-order chi connectivity index (χ1) is 13.1. The number of hydrogen-bond acceptors (Lipinski definition) is 3. The van der Waals surface area contributed by atoms with Crippen LogP contribution >= 0.6 is 15.9 Å². The fourth-order valence-corrected chi connectivity index (χ4v) is 3.86. The fraction of sp³-hybridized carbons (Fsp3) is 0.304. The molecule has 146 valence electrons. The van der Waals surface area contributed by atoms with Gasteiger partial charge in [0.05, 0.1) is 12.1 Å². The Morgan fingerprint density at radius 2 is 1.86 bits per heavy atom. The van der Waals surface area contributed by atoms with Gasteiger partial charge in [0.15, 0.2) is 11.4 Å². The molecule has 1 atom stereocenters. The number of nitrogens with zero attached hydrogens (tertiary/aromatic N) is 1. The average molecular weight is 442 g/mol. The minimum atomic E-state index is -1.89. The number of hydrogen-bond donors (Lipinski definition) is 1. The van der Waals surface area contributed by atoms with Crippen molar-refractivity contribution in [2.24, 2.45) is 0 Å². The van der Waals surface area contributed by atoms with E-state index < -0.39 is 11.5 Å². The molecule has 0 aromatic heterocycles. The smallest absolute Gasteiger partial charge is 0.264 e. The number of fused-ring (bicyclic) bond motifs is 1. The first-order valence-corrected chi connectivity index (χ1v) is 9.96. The summed E-state index contributed by atoms with van der Waals surface area (Å²) in [5.74, 6) is -0.775. The van der Waals surface area contributed by atoms with E-state index in [0.29, 0.717) is 16.8 Å². The quantitative estimate of drug-likeness (QED) is 0.538. The lowest BCUT2D eigenvalue weighted by atomic mass is 9.85. The van der Waals surface area contributed by atoms with Crippen molar-refractivity contribution in [3.8, 4) is 0 Å². The van der Waals surface area contributed by atoms with E-state index in [1.165, 1.54) is 4.90 Å². The highest BCUT2D eigenvalue weighted by Gasteiger charge is 2.50. The summed E-state index contributed by atoms with van der Waals surface area (Å²) in [6.45, 7) is 10.3. The molecule has 1 aliphatic heterocycles. The monoisotopic (exact) mass is 441 g/mol. The van der Waals surface area contributed by atoms with Crippen molar-refractivity contribution in [3.05, 3.63) is 76.3 Å². The maximum Gasteiger partial charge on any atom is 0.264 e. The van der Waals surface area contributed by atoms with Gasteiger partial charge in [-0.15, -0.1) is 6.58 Å². The minimum absolute atomic E-state index is 0.0163. The average Bonchev–Trinajstić information content (AvgIpc) is 2.83. The van der Waals surface area contributed by atoms with Crippen LogP contribution < -0.4 is 4.90 Å². The van der Waals surface area contributed by atoms with E-state index in [4.69, 9.17) is 0 Å². The van der Waals surface area contributed by atoms with E-state index in [9.17, 15) is 14.7 Å². The highest BCUT2D eigenvalue weighted by Crippen LogP contribution is 2.44. The first-order valence-electron chi connectivity index (χ1n) is 9.17. The molecule has 1 N–H and O–H groups in total. The number of amides is 1. The Kier molecular flexibility index (Phi) is 5.34. The van der Waals surface area contributed by atoms with Crippen LogP contribution in [0.4, 0.5) is 5.69 Å². The summed E-state index contributed by atoms with van der Waals surface area (Å²) >= 11 is 3.39. The van der Waals surface area contributed by atoms with Gasteiger partial charge in [0, 0.05) is 22.1 Å². The van der Waals surface area contributed by atoms with Crippen LogP contribution in [0.15, 0.2) is 59.6 Å². The predicted molar refractivity (Wildman–Crippen MR) is 115 cm³/mol. The van der Waals surface area contributed by atoms with Crippen LogP contribution in [0.2, 0.25) is 0 Å². The van der Waals surface area contributed by atoms with Crippen LogP contribution in [0.25, 0.3) is 0 Å². The van der Waals surface area contributed by atoms with Gasteiger partial charge in [-0.3, -0.25) is 9.59 Å². The summed E-state index contributed by atoms with van der Waals surface area (Å²) in [6.07, 6.45) is 1.29. The van der Waals surface area contributed by atoms with Gasteiger partial charge in [0.1, 0.15) is 0 Å². The summed E-state index contributed by atoms with van der Waals surface area (Å²) in [4.78, 5) is 27.4. The van der Waals surface area contributed by atoms with Crippen molar-refractivity contribution in [2.45, 2.75) is 38.2 Å². The molecule has 0 aliphatic carbocycles. The van der Waals surface area contributed by atoms with E-state index in [0.717, 1.165) is 10.0 Å². The molecule has 0 saturated carbocycles. The Hall–Kier alpha value is -2.24. The van der Waals surface area contributed by atoms with Crippen molar-refractivity contribution < 1.29 is 14.7 Å². The number of aliphatic hydroxyl groups is 1. The summed E-state index contributed by atoms with van der Waals surface area (Å²) < 4.78 is 0.736. The fourth-order valence-electron chi connectivity index (χ4n) is 3.49. The lowest BCUT2D eigenvalue weighted by Crippen LogP contribution is -2.41. The van der Waals surface area contributed by atoms with Crippen LogP contribution in [-0.2, 0) is 15.8 Å². The van der Waals surface area contributed by atoms with Crippen LogP contribution in [0.3, 0.4) is 0 Å². The second-order valence-electron chi connectivity index (χ2n) is 8.15. The highest BCUT2D eigenvalue weighted by atomic mass is 79.9. The van der Waals surface area contributed by atoms with Gasteiger partial charge in [-0.05, 0) is 29.2 Å². The molecule has 2 aromatic carbocycles. The molecule has 0 fully saturated rings. The van der Waals surface area contributed by atoms with Crippen LogP contribution in [-0.4, -0.2) is 23.3 Å². The van der Waals surface area contributed by atoms with E-state index >= 15 is 0 Å². The van der Waals surface area contributed by atoms with Crippen LogP contribution in [0.5, 0.6) is 0 Å². The zero-order chi connectivity index (χ0) is 20.7. The summed E-state index contributed by atoms with van der Waals surface area (Å²) in [6, 6.07) is 12.6. The Bertz CT molecular complexity index is 943. The van der Waals surface area contributed by atoms with Gasteiger partial charge in [-0.25, -0.2) is 0 Å². The second-order valence-corrected chi connectivity index (χ2v) is 9.07. The highest BCUT2D eigenvalue weighted by molar-refractivity contribution is 9.10. The molecule has 1 amide bonds. The zero-order valence-electron chi connectivity index (χ0n) is 16.3. The second kappa shape index (κ2) is 7.30. The molecule has 0 saturated heterocycles. The minimum Gasteiger partial charge on any atom is -0.375 e. The number of carbonyl (C=O) groups is 2. The Labute approximate surface area is 174 Å². The first kappa shape index (κ1) is 20.5. The SMILES string of the molecule is C=CCN1C(=O)[C@](O)(CC(=O)c2ccc(C(C)(C)C)cc2)c2cc(Br)ccc21. The number of rotatable bonds is 5. The molecule has 0 bridgehead atoms. The predicted octanol–water partition coefficient (Wildman–Crippen LogP) is 4.74. The molecule has 0 spiro atoms. The largest absolute Gasteiger partial charge is 0.375 e. The van der Waals surface area contributed by atoms with Gasteiger partial charge < -0.3 is 10.0 Å². The lowest BCUT2D eigenvalue weighted by Gasteiger charge is -2.23. The molecular formula is C23H24BrNO3. The van der Waals surface area contributed by atoms with E-state index in [2.05, 4.69) is 43.3 Å². The third-order valence-corrected chi connectivity index (χ3v) is 5.59. The summed E-state index contributed by atoms with van der Waals surface area (Å²) in [5, 5.41) is 11.3. The molecule has 0 unspecified atom stereocenters. The number of halogens is 1. The molecular weight excluding hydrogens is 418 g/mol. The van der Waals surface area contributed by atoms with Crippen molar-refractivity contribution in [1.29, 1.82) is 0 Å². The number of carbonyl (C=O) groups excluding carboxylic acids is 2. The molecule has 28 heavy (non-hydrogen) atoms. The standard InChI is InChI=1S/C23H24BrNO3/c1-5-12-25-19-11-10-17(24)13-18(19)23(28,21(25)27)14-20(26)15-6-8-16(9-7-15)22(2,3)4/h5-11,13,28H,1,12,14H2,2-4H3/t23-/m0/s1. The van der Waals surface area contributed by atoms with E-state index in [-0.39, 0.29) is 24.2 Å². The van der Waals surface area contributed by atoms with Gasteiger partial charge in [0.2, 0.25) is 0 Å². The normalized spacial score (nSPS) is 18.9.